The van der Waals surface area contributed by atoms with Crippen LogP contribution in [0.1, 0.15) is 70.6 Å². The van der Waals surface area contributed by atoms with E-state index in [4.69, 9.17) is 4.42 Å². The average molecular weight is 302 g/mol. The molecule has 3 aliphatic carbocycles. The minimum Gasteiger partial charge on any atom is -0.469 e. The molecule has 1 aromatic rings. The number of furan rings is 1. The SMILES string of the molecule is CC1c2ccoc2CC2C1C(O)CC1C(C)(C)CCCC21C. The molecule has 2 saturated carbocycles. The Morgan fingerprint density at radius 1 is 1.23 bits per heavy atom. The molecule has 6 atom stereocenters. The molecule has 0 aromatic carbocycles. The Hall–Kier alpha value is -0.760. The highest BCUT2D eigenvalue weighted by atomic mass is 16.3. The van der Waals surface area contributed by atoms with Gasteiger partial charge >= 0.3 is 0 Å². The molecule has 1 aromatic heterocycles. The molecule has 6 unspecified atom stereocenters. The van der Waals surface area contributed by atoms with Crippen LogP contribution in [0.2, 0.25) is 0 Å². The Labute approximate surface area is 134 Å². The molecule has 2 fully saturated rings. The maximum absolute atomic E-state index is 11.0. The molecule has 0 saturated heterocycles. The minimum absolute atomic E-state index is 0.154. The van der Waals surface area contributed by atoms with Crippen molar-refractivity contribution >= 4 is 0 Å². The second-order valence-electron chi connectivity index (χ2n) is 9.18. The Bertz CT molecular complexity index is 572. The molecule has 2 heteroatoms. The highest BCUT2D eigenvalue weighted by Crippen LogP contribution is 2.64. The maximum Gasteiger partial charge on any atom is 0.107 e. The molecule has 3 aliphatic rings. The fraction of sp³-hybridized carbons (Fsp3) is 0.800. The number of fused-ring (bicyclic) bond motifs is 4. The highest BCUT2D eigenvalue weighted by Gasteiger charge is 2.59. The topological polar surface area (TPSA) is 33.4 Å². The van der Waals surface area contributed by atoms with Gasteiger partial charge in [-0.1, -0.05) is 34.1 Å². The van der Waals surface area contributed by atoms with Crippen LogP contribution in [0.4, 0.5) is 0 Å². The molecule has 0 radical (unpaired) electrons. The van der Waals surface area contributed by atoms with Gasteiger partial charge in [0.1, 0.15) is 5.76 Å². The van der Waals surface area contributed by atoms with Gasteiger partial charge in [-0.3, -0.25) is 0 Å². The van der Waals surface area contributed by atoms with Crippen molar-refractivity contribution in [2.24, 2.45) is 28.6 Å². The summed E-state index contributed by atoms with van der Waals surface area (Å²) in [6, 6.07) is 2.13. The van der Waals surface area contributed by atoms with E-state index in [9.17, 15) is 5.11 Å². The van der Waals surface area contributed by atoms with Crippen molar-refractivity contribution in [3.05, 3.63) is 23.7 Å². The van der Waals surface area contributed by atoms with Crippen LogP contribution in [0.5, 0.6) is 0 Å². The van der Waals surface area contributed by atoms with Gasteiger partial charge in [0, 0.05) is 6.42 Å². The van der Waals surface area contributed by atoms with Gasteiger partial charge in [-0.15, -0.1) is 0 Å². The molecule has 22 heavy (non-hydrogen) atoms. The summed E-state index contributed by atoms with van der Waals surface area (Å²) in [5.41, 5.74) is 2.05. The summed E-state index contributed by atoms with van der Waals surface area (Å²) in [5, 5.41) is 11.0. The third-order valence-corrected chi connectivity index (χ3v) is 7.76. The highest BCUT2D eigenvalue weighted by molar-refractivity contribution is 5.29. The van der Waals surface area contributed by atoms with Crippen molar-refractivity contribution in [2.75, 3.05) is 0 Å². The molecule has 2 nitrogen and oxygen atoms in total. The summed E-state index contributed by atoms with van der Waals surface area (Å²) in [6.45, 7) is 9.66. The van der Waals surface area contributed by atoms with Gasteiger partial charge < -0.3 is 9.52 Å². The third-order valence-electron chi connectivity index (χ3n) is 7.76. The van der Waals surface area contributed by atoms with Gasteiger partial charge in [0.2, 0.25) is 0 Å². The van der Waals surface area contributed by atoms with E-state index >= 15 is 0 Å². The zero-order valence-electron chi connectivity index (χ0n) is 14.4. The zero-order valence-corrected chi connectivity index (χ0v) is 14.4. The van der Waals surface area contributed by atoms with E-state index in [-0.39, 0.29) is 6.10 Å². The molecular weight excluding hydrogens is 272 g/mol. The van der Waals surface area contributed by atoms with Crippen molar-refractivity contribution in [1.29, 1.82) is 0 Å². The first kappa shape index (κ1) is 14.8. The van der Waals surface area contributed by atoms with E-state index < -0.39 is 0 Å². The first-order valence-corrected chi connectivity index (χ1v) is 9.09. The molecule has 0 aliphatic heterocycles. The summed E-state index contributed by atoms with van der Waals surface area (Å²) < 4.78 is 5.81. The van der Waals surface area contributed by atoms with Crippen LogP contribution in [0.3, 0.4) is 0 Å². The van der Waals surface area contributed by atoms with Crippen molar-refractivity contribution < 1.29 is 9.52 Å². The Balaban J connectivity index is 1.79. The van der Waals surface area contributed by atoms with Crippen LogP contribution in [-0.4, -0.2) is 11.2 Å². The van der Waals surface area contributed by atoms with Gasteiger partial charge in [0.25, 0.3) is 0 Å². The van der Waals surface area contributed by atoms with Crippen LogP contribution in [0.15, 0.2) is 16.7 Å². The van der Waals surface area contributed by atoms with E-state index in [0.717, 1.165) is 12.8 Å². The third kappa shape index (κ3) is 1.82. The fourth-order valence-electron chi connectivity index (χ4n) is 6.68. The van der Waals surface area contributed by atoms with Gasteiger partial charge in [0.15, 0.2) is 0 Å². The fourth-order valence-corrected chi connectivity index (χ4v) is 6.68. The molecule has 1 N–H and O–H groups in total. The van der Waals surface area contributed by atoms with Crippen molar-refractivity contribution in [3.63, 3.8) is 0 Å². The lowest BCUT2D eigenvalue weighted by Gasteiger charge is -2.62. The quantitative estimate of drug-likeness (QED) is 0.749. The molecule has 0 amide bonds. The number of hydrogen-bond donors (Lipinski definition) is 1. The van der Waals surface area contributed by atoms with E-state index in [0.29, 0.717) is 34.5 Å². The molecule has 0 bridgehead atoms. The summed E-state index contributed by atoms with van der Waals surface area (Å²) in [7, 11) is 0. The van der Waals surface area contributed by atoms with Crippen LogP contribution in [-0.2, 0) is 6.42 Å². The second kappa shape index (κ2) is 4.63. The van der Waals surface area contributed by atoms with E-state index in [1.807, 2.05) is 6.26 Å². The van der Waals surface area contributed by atoms with Crippen LogP contribution in [0, 0.1) is 28.6 Å². The van der Waals surface area contributed by atoms with Crippen molar-refractivity contribution in [1.82, 2.24) is 0 Å². The van der Waals surface area contributed by atoms with Gasteiger partial charge in [-0.05, 0) is 65.4 Å². The monoisotopic (exact) mass is 302 g/mol. The molecule has 4 rings (SSSR count). The minimum atomic E-state index is -0.154. The van der Waals surface area contributed by atoms with Gasteiger partial charge in [0.05, 0.1) is 12.4 Å². The summed E-state index contributed by atoms with van der Waals surface area (Å²) in [4.78, 5) is 0. The normalized spacial score (nSPS) is 46.5. The largest absolute Gasteiger partial charge is 0.469 e. The van der Waals surface area contributed by atoms with E-state index in [1.165, 1.54) is 30.6 Å². The molecule has 122 valence electrons. The van der Waals surface area contributed by atoms with E-state index in [1.54, 1.807) is 0 Å². The van der Waals surface area contributed by atoms with Crippen molar-refractivity contribution in [2.45, 2.75) is 71.8 Å². The lowest BCUT2D eigenvalue weighted by Crippen LogP contribution is -2.58. The Morgan fingerprint density at radius 2 is 2.00 bits per heavy atom. The van der Waals surface area contributed by atoms with E-state index in [2.05, 4.69) is 33.8 Å². The molecule has 0 spiro atoms. The smallest absolute Gasteiger partial charge is 0.107 e. The standard InChI is InChI=1S/C20H30O2/c1-12-13-6-9-22-16(13)10-14-18(12)15(21)11-17-19(2,3)7-5-8-20(14,17)4/h6,9,12,14-15,17-18,21H,5,7-8,10-11H2,1-4H3. The first-order chi connectivity index (χ1) is 10.3. The number of hydrogen-bond acceptors (Lipinski definition) is 2. The number of aliphatic hydroxyl groups excluding tert-OH is 1. The van der Waals surface area contributed by atoms with Crippen LogP contribution < -0.4 is 0 Å². The average Bonchev–Trinajstić information content (AvgIpc) is 2.90. The molecule has 1 heterocycles. The number of rotatable bonds is 0. The lowest BCUT2D eigenvalue weighted by molar-refractivity contribution is -0.152. The van der Waals surface area contributed by atoms with Gasteiger partial charge in [-0.2, -0.15) is 0 Å². The second-order valence-corrected chi connectivity index (χ2v) is 9.18. The van der Waals surface area contributed by atoms with Gasteiger partial charge in [-0.25, -0.2) is 0 Å². The summed E-state index contributed by atoms with van der Waals surface area (Å²) >= 11 is 0. The molecular formula is C20H30O2. The summed E-state index contributed by atoms with van der Waals surface area (Å²) in [6.07, 6.45) is 7.66. The predicted molar refractivity (Wildman–Crippen MR) is 87.7 cm³/mol. The lowest BCUT2D eigenvalue weighted by atomic mass is 9.43. The Kier molecular flexibility index (Phi) is 3.11. The van der Waals surface area contributed by atoms with Crippen LogP contribution in [0.25, 0.3) is 0 Å². The predicted octanol–water partition coefficient (Wildman–Crippen LogP) is 4.77. The number of aliphatic hydroxyl groups is 1. The maximum atomic E-state index is 11.0. The first-order valence-electron chi connectivity index (χ1n) is 9.09. The summed E-state index contributed by atoms with van der Waals surface area (Å²) in [5.74, 6) is 3.21. The van der Waals surface area contributed by atoms with Crippen molar-refractivity contribution in [3.8, 4) is 0 Å². The Morgan fingerprint density at radius 3 is 2.77 bits per heavy atom. The zero-order chi connectivity index (χ0) is 15.7. The van der Waals surface area contributed by atoms with Crippen LogP contribution >= 0.6 is 0 Å².